The Hall–Kier alpha value is -0.910. The van der Waals surface area contributed by atoms with Crippen molar-refractivity contribution in [3.8, 4) is 0 Å². The van der Waals surface area contributed by atoms with Gasteiger partial charge in [-0.05, 0) is 36.5 Å². The third kappa shape index (κ3) is 3.35. The molecule has 0 spiro atoms. The second-order valence-corrected chi connectivity index (χ2v) is 7.48. The standard InChI is InChI=1S/C14H21NO3S/c1-11(2)12-4-3-5-13(8-12)19(17,18)15-9-14(10-16)6-7-14/h3-5,8,11,15-16H,6-7,9-10H2,1-2H3. The minimum Gasteiger partial charge on any atom is -0.396 e. The van der Waals surface area contributed by atoms with Crippen molar-refractivity contribution in [1.82, 2.24) is 4.72 Å². The number of aliphatic hydroxyl groups excluding tert-OH is 1. The summed E-state index contributed by atoms with van der Waals surface area (Å²) < 4.78 is 27.0. The Morgan fingerprint density at radius 2 is 2.05 bits per heavy atom. The number of hydrogen-bond acceptors (Lipinski definition) is 3. The average Bonchev–Trinajstić information content (AvgIpc) is 3.17. The first kappa shape index (κ1) is 14.5. The fourth-order valence-corrected chi connectivity index (χ4v) is 3.15. The molecule has 4 nitrogen and oxygen atoms in total. The lowest BCUT2D eigenvalue weighted by molar-refractivity contribution is 0.213. The predicted octanol–water partition coefficient (Wildman–Crippen LogP) is 1.86. The number of benzene rings is 1. The van der Waals surface area contributed by atoms with Gasteiger partial charge in [-0.3, -0.25) is 0 Å². The average molecular weight is 283 g/mol. The second-order valence-electron chi connectivity index (χ2n) is 5.71. The van der Waals surface area contributed by atoms with E-state index in [1.807, 2.05) is 19.9 Å². The fraction of sp³-hybridized carbons (Fsp3) is 0.571. The van der Waals surface area contributed by atoms with Crippen LogP contribution in [-0.4, -0.2) is 26.7 Å². The monoisotopic (exact) mass is 283 g/mol. The molecular formula is C14H21NO3S. The first-order valence-electron chi connectivity index (χ1n) is 6.59. The quantitative estimate of drug-likeness (QED) is 0.837. The van der Waals surface area contributed by atoms with Crippen molar-refractivity contribution >= 4 is 10.0 Å². The van der Waals surface area contributed by atoms with E-state index in [1.54, 1.807) is 18.2 Å². The normalized spacial score (nSPS) is 17.7. The minimum absolute atomic E-state index is 0.0432. The summed E-state index contributed by atoms with van der Waals surface area (Å²) in [4.78, 5) is 0.299. The molecule has 0 saturated heterocycles. The van der Waals surface area contributed by atoms with E-state index in [1.165, 1.54) is 0 Å². The number of hydrogen-bond donors (Lipinski definition) is 2. The molecule has 1 aromatic carbocycles. The van der Waals surface area contributed by atoms with Gasteiger partial charge in [0.05, 0.1) is 4.90 Å². The summed E-state index contributed by atoms with van der Waals surface area (Å²) in [5, 5.41) is 9.21. The van der Waals surface area contributed by atoms with Gasteiger partial charge >= 0.3 is 0 Å². The van der Waals surface area contributed by atoms with Crippen molar-refractivity contribution in [1.29, 1.82) is 0 Å². The van der Waals surface area contributed by atoms with Crippen LogP contribution in [0.15, 0.2) is 29.2 Å². The lowest BCUT2D eigenvalue weighted by Gasteiger charge is -2.14. The van der Waals surface area contributed by atoms with Gasteiger partial charge in [-0.2, -0.15) is 0 Å². The summed E-state index contributed by atoms with van der Waals surface area (Å²) in [6.45, 7) is 4.42. The topological polar surface area (TPSA) is 66.4 Å². The maximum atomic E-state index is 12.2. The highest BCUT2D eigenvalue weighted by Crippen LogP contribution is 2.44. The molecule has 2 N–H and O–H groups in total. The van der Waals surface area contributed by atoms with E-state index in [0.717, 1.165) is 18.4 Å². The highest BCUT2D eigenvalue weighted by atomic mass is 32.2. The van der Waals surface area contributed by atoms with Crippen LogP contribution in [-0.2, 0) is 10.0 Å². The maximum absolute atomic E-state index is 12.2. The van der Waals surface area contributed by atoms with Gasteiger partial charge in [-0.25, -0.2) is 13.1 Å². The van der Waals surface area contributed by atoms with E-state index >= 15 is 0 Å². The zero-order valence-electron chi connectivity index (χ0n) is 11.4. The van der Waals surface area contributed by atoms with Crippen LogP contribution < -0.4 is 4.72 Å². The van der Waals surface area contributed by atoms with Gasteiger partial charge in [0, 0.05) is 18.6 Å². The first-order chi connectivity index (χ1) is 8.88. The van der Waals surface area contributed by atoms with Crippen LogP contribution in [0.25, 0.3) is 0 Å². The molecule has 0 heterocycles. The molecule has 5 heteroatoms. The van der Waals surface area contributed by atoms with Gasteiger partial charge in [0.25, 0.3) is 0 Å². The van der Waals surface area contributed by atoms with E-state index in [4.69, 9.17) is 0 Å². The van der Waals surface area contributed by atoms with Crippen LogP contribution in [0.3, 0.4) is 0 Å². The maximum Gasteiger partial charge on any atom is 0.240 e. The molecule has 0 radical (unpaired) electrons. The summed E-state index contributed by atoms with van der Waals surface area (Å²) in [6.07, 6.45) is 1.77. The summed E-state index contributed by atoms with van der Waals surface area (Å²) in [5.74, 6) is 0.294. The lowest BCUT2D eigenvalue weighted by atomic mass is 10.0. The molecule has 0 amide bonds. The van der Waals surface area contributed by atoms with Gasteiger partial charge in [0.2, 0.25) is 10.0 Å². The molecule has 19 heavy (non-hydrogen) atoms. The van der Waals surface area contributed by atoms with Crippen LogP contribution in [0, 0.1) is 5.41 Å². The van der Waals surface area contributed by atoms with Gasteiger partial charge in [0.1, 0.15) is 0 Å². The molecule has 0 atom stereocenters. The van der Waals surface area contributed by atoms with Crippen LogP contribution in [0.4, 0.5) is 0 Å². The van der Waals surface area contributed by atoms with Gasteiger partial charge in [-0.15, -0.1) is 0 Å². The molecule has 1 aliphatic rings. The number of nitrogens with one attached hydrogen (secondary N) is 1. The molecule has 0 aromatic heterocycles. The molecule has 1 aliphatic carbocycles. The summed E-state index contributed by atoms with van der Waals surface area (Å²) in [5.41, 5.74) is 0.786. The Morgan fingerprint density at radius 3 is 2.58 bits per heavy atom. The van der Waals surface area contributed by atoms with Crippen molar-refractivity contribution in [2.45, 2.75) is 37.5 Å². The Labute approximate surface area is 114 Å². The fourth-order valence-electron chi connectivity index (χ4n) is 1.94. The second kappa shape index (κ2) is 5.23. The van der Waals surface area contributed by atoms with Crippen molar-refractivity contribution in [3.63, 3.8) is 0 Å². The molecule has 0 aliphatic heterocycles. The van der Waals surface area contributed by atoms with E-state index in [9.17, 15) is 13.5 Å². The van der Waals surface area contributed by atoms with Gasteiger partial charge in [0.15, 0.2) is 0 Å². The van der Waals surface area contributed by atoms with Crippen LogP contribution in [0.2, 0.25) is 0 Å². The molecule has 106 valence electrons. The number of rotatable bonds is 6. The van der Waals surface area contributed by atoms with Crippen molar-refractivity contribution in [3.05, 3.63) is 29.8 Å². The molecule has 0 bridgehead atoms. The first-order valence-corrected chi connectivity index (χ1v) is 8.07. The Balaban J connectivity index is 2.13. The van der Waals surface area contributed by atoms with E-state index in [-0.39, 0.29) is 12.0 Å². The molecule has 1 fully saturated rings. The molecule has 2 rings (SSSR count). The highest BCUT2D eigenvalue weighted by molar-refractivity contribution is 7.89. The number of sulfonamides is 1. The van der Waals surface area contributed by atoms with E-state index in [0.29, 0.717) is 17.4 Å². The zero-order valence-corrected chi connectivity index (χ0v) is 12.2. The lowest BCUT2D eigenvalue weighted by Crippen LogP contribution is -2.32. The predicted molar refractivity (Wildman–Crippen MR) is 74.5 cm³/mol. The zero-order chi connectivity index (χ0) is 14.1. The smallest absolute Gasteiger partial charge is 0.240 e. The van der Waals surface area contributed by atoms with Crippen molar-refractivity contribution in [2.75, 3.05) is 13.2 Å². The Bertz CT molecular complexity index is 548. The van der Waals surface area contributed by atoms with Crippen LogP contribution in [0.1, 0.15) is 38.2 Å². The summed E-state index contributed by atoms with van der Waals surface area (Å²) >= 11 is 0. The van der Waals surface area contributed by atoms with E-state index in [2.05, 4.69) is 4.72 Å². The minimum atomic E-state index is -3.48. The van der Waals surface area contributed by atoms with Gasteiger partial charge in [-0.1, -0.05) is 26.0 Å². The summed E-state index contributed by atoms with van der Waals surface area (Å²) in [6, 6.07) is 7.01. The van der Waals surface area contributed by atoms with Crippen LogP contribution in [0.5, 0.6) is 0 Å². The highest BCUT2D eigenvalue weighted by Gasteiger charge is 2.42. The van der Waals surface area contributed by atoms with Crippen molar-refractivity contribution < 1.29 is 13.5 Å². The third-order valence-electron chi connectivity index (χ3n) is 3.76. The Kier molecular flexibility index (Phi) is 3.99. The van der Waals surface area contributed by atoms with Crippen LogP contribution >= 0.6 is 0 Å². The van der Waals surface area contributed by atoms with Crippen molar-refractivity contribution in [2.24, 2.45) is 5.41 Å². The van der Waals surface area contributed by atoms with Gasteiger partial charge < -0.3 is 5.11 Å². The summed E-state index contributed by atoms with van der Waals surface area (Å²) in [7, 11) is -3.48. The SMILES string of the molecule is CC(C)c1cccc(S(=O)(=O)NCC2(CO)CC2)c1. The Morgan fingerprint density at radius 1 is 1.37 bits per heavy atom. The third-order valence-corrected chi connectivity index (χ3v) is 5.16. The largest absolute Gasteiger partial charge is 0.396 e. The number of aliphatic hydroxyl groups is 1. The van der Waals surface area contributed by atoms with E-state index < -0.39 is 10.0 Å². The molecule has 1 aromatic rings. The molecule has 0 unspecified atom stereocenters. The molecule has 1 saturated carbocycles. The molecular weight excluding hydrogens is 262 g/mol.